The van der Waals surface area contributed by atoms with Gasteiger partial charge in [0.05, 0.1) is 19.5 Å². The molecule has 60 valence electrons. The van der Waals surface area contributed by atoms with E-state index >= 15 is 0 Å². The fourth-order valence-corrected chi connectivity index (χ4v) is 0.472. The Labute approximate surface area is 61.8 Å². The molecule has 0 aliphatic carbocycles. The summed E-state index contributed by atoms with van der Waals surface area (Å²) in [6, 6.07) is 0. The predicted octanol–water partition coefficient (Wildman–Crippen LogP) is 1.28. The van der Waals surface area contributed by atoms with E-state index in [-0.39, 0.29) is 5.91 Å². The standard InChI is InChI=1S/C7H15NO2/c1-6(9)8(5,10)7(2,3)4/h1-5H3. The average Bonchev–Trinajstić information content (AvgIpc) is 1.62. The van der Waals surface area contributed by atoms with Gasteiger partial charge in [0.15, 0.2) is 0 Å². The van der Waals surface area contributed by atoms with Crippen LogP contribution in [0.2, 0.25) is 0 Å². The van der Waals surface area contributed by atoms with E-state index in [1.54, 1.807) is 20.8 Å². The molecule has 0 aliphatic heterocycles. The highest BCUT2D eigenvalue weighted by Crippen LogP contribution is 2.19. The first kappa shape index (κ1) is 9.59. The molecule has 3 heteroatoms. The highest BCUT2D eigenvalue weighted by Gasteiger charge is 2.32. The zero-order valence-electron chi connectivity index (χ0n) is 7.26. The van der Waals surface area contributed by atoms with Crippen molar-refractivity contribution < 1.29 is 9.44 Å². The van der Waals surface area contributed by atoms with Crippen LogP contribution in [-0.4, -0.2) is 23.1 Å². The summed E-state index contributed by atoms with van der Waals surface area (Å²) in [5.74, 6) is -0.354. The Balaban J connectivity index is 4.57. The normalized spacial score (nSPS) is 18.2. The summed E-state index contributed by atoms with van der Waals surface area (Å²) < 4.78 is -0.812. The molecule has 3 nitrogen and oxygen atoms in total. The average molecular weight is 145 g/mol. The Kier molecular flexibility index (Phi) is 2.23. The first-order chi connectivity index (χ1) is 4.19. The van der Waals surface area contributed by atoms with E-state index in [4.69, 9.17) is 0 Å². The zero-order valence-corrected chi connectivity index (χ0v) is 7.26. The number of carbonyl (C=O) groups is 1. The van der Waals surface area contributed by atoms with Gasteiger partial charge in [-0.1, -0.05) is 0 Å². The monoisotopic (exact) mass is 145 g/mol. The van der Waals surface area contributed by atoms with Crippen molar-refractivity contribution in [3.8, 4) is 0 Å². The Hall–Kier alpha value is -0.410. The quantitative estimate of drug-likeness (QED) is 0.380. The van der Waals surface area contributed by atoms with E-state index in [0.717, 1.165) is 0 Å². The second-order valence-electron chi connectivity index (χ2n) is 3.61. The summed E-state index contributed by atoms with van der Waals surface area (Å²) in [6.07, 6.45) is 0. The summed E-state index contributed by atoms with van der Waals surface area (Å²) in [5, 5.41) is 11.4. The molecule has 0 spiro atoms. The van der Waals surface area contributed by atoms with Gasteiger partial charge in [0, 0.05) is 0 Å². The van der Waals surface area contributed by atoms with E-state index in [2.05, 4.69) is 0 Å². The smallest absolute Gasteiger partial charge is 0.310 e. The van der Waals surface area contributed by atoms with Gasteiger partial charge in [0.25, 0.3) is 0 Å². The molecule has 0 rings (SSSR count). The lowest BCUT2D eigenvalue weighted by Gasteiger charge is -2.46. The molecule has 1 atom stereocenters. The SMILES string of the molecule is CC(=O)[N+](C)([O-])C(C)(C)C. The lowest BCUT2D eigenvalue weighted by Crippen LogP contribution is -2.55. The number of rotatable bonds is 0. The Morgan fingerprint density at radius 1 is 1.40 bits per heavy atom. The van der Waals surface area contributed by atoms with Crippen LogP contribution in [0, 0.1) is 5.21 Å². The topological polar surface area (TPSA) is 40.1 Å². The summed E-state index contributed by atoms with van der Waals surface area (Å²) in [7, 11) is 1.38. The lowest BCUT2D eigenvalue weighted by molar-refractivity contribution is -0.833. The van der Waals surface area contributed by atoms with Crippen LogP contribution in [0.5, 0.6) is 0 Å². The van der Waals surface area contributed by atoms with Crippen LogP contribution in [0.4, 0.5) is 0 Å². The summed E-state index contributed by atoms with van der Waals surface area (Å²) >= 11 is 0. The van der Waals surface area contributed by atoms with Crippen LogP contribution in [0.15, 0.2) is 0 Å². The van der Waals surface area contributed by atoms with Gasteiger partial charge in [-0.2, -0.15) is 0 Å². The van der Waals surface area contributed by atoms with Crippen molar-refractivity contribution in [3.63, 3.8) is 0 Å². The molecule has 0 aromatic carbocycles. The maximum atomic E-state index is 11.4. The fraction of sp³-hybridized carbons (Fsp3) is 0.857. The van der Waals surface area contributed by atoms with Crippen molar-refractivity contribution in [1.29, 1.82) is 0 Å². The summed E-state index contributed by atoms with van der Waals surface area (Å²) in [4.78, 5) is 10.8. The molecule has 0 saturated carbocycles. The lowest BCUT2D eigenvalue weighted by atomic mass is 10.1. The minimum absolute atomic E-state index is 0.354. The molecule has 0 aromatic heterocycles. The van der Waals surface area contributed by atoms with Gasteiger partial charge in [-0.15, -0.1) is 0 Å². The molecule has 10 heavy (non-hydrogen) atoms. The number of hydrogen-bond acceptors (Lipinski definition) is 2. The maximum Gasteiger partial charge on any atom is 0.310 e. The summed E-state index contributed by atoms with van der Waals surface area (Å²) in [6.45, 7) is 6.57. The number of carbonyl (C=O) groups excluding carboxylic acids is 1. The van der Waals surface area contributed by atoms with Gasteiger partial charge >= 0.3 is 5.91 Å². The number of amides is 1. The van der Waals surface area contributed by atoms with Gasteiger partial charge in [-0.05, 0) is 20.8 Å². The Morgan fingerprint density at radius 3 is 1.70 bits per heavy atom. The molecule has 1 unspecified atom stereocenters. The molecule has 0 aromatic rings. The fourth-order valence-electron chi connectivity index (χ4n) is 0.472. The molecular weight excluding hydrogens is 130 g/mol. The predicted molar refractivity (Wildman–Crippen MR) is 40.0 cm³/mol. The van der Waals surface area contributed by atoms with Crippen molar-refractivity contribution >= 4 is 5.91 Å². The number of nitrogens with zero attached hydrogens (tertiary/aromatic N) is 1. The Morgan fingerprint density at radius 2 is 1.70 bits per heavy atom. The highest BCUT2D eigenvalue weighted by atomic mass is 16.6. The van der Waals surface area contributed by atoms with E-state index in [0.29, 0.717) is 0 Å². The summed E-state index contributed by atoms with van der Waals surface area (Å²) in [5.41, 5.74) is -0.550. The van der Waals surface area contributed by atoms with Crippen LogP contribution >= 0.6 is 0 Å². The van der Waals surface area contributed by atoms with Crippen molar-refractivity contribution in [2.75, 3.05) is 7.05 Å². The van der Waals surface area contributed by atoms with Crippen LogP contribution < -0.4 is 0 Å². The molecule has 1 amide bonds. The molecule has 0 heterocycles. The molecule has 0 bridgehead atoms. The maximum absolute atomic E-state index is 11.4. The van der Waals surface area contributed by atoms with Crippen LogP contribution in [0.25, 0.3) is 0 Å². The second-order valence-corrected chi connectivity index (χ2v) is 3.61. The largest absolute Gasteiger partial charge is 0.625 e. The second kappa shape index (κ2) is 2.32. The van der Waals surface area contributed by atoms with Gasteiger partial charge < -0.3 is 5.21 Å². The minimum Gasteiger partial charge on any atom is -0.625 e. The van der Waals surface area contributed by atoms with E-state index in [1.807, 2.05) is 0 Å². The number of quaternary nitrogens is 1. The van der Waals surface area contributed by atoms with Crippen molar-refractivity contribution in [3.05, 3.63) is 5.21 Å². The van der Waals surface area contributed by atoms with Gasteiger partial charge in [-0.3, -0.25) is 4.65 Å². The third-order valence-electron chi connectivity index (χ3n) is 1.88. The van der Waals surface area contributed by atoms with Crippen molar-refractivity contribution in [2.24, 2.45) is 0 Å². The first-order valence-electron chi connectivity index (χ1n) is 3.28. The van der Waals surface area contributed by atoms with Gasteiger partial charge in [0.2, 0.25) is 0 Å². The highest BCUT2D eigenvalue weighted by molar-refractivity contribution is 5.66. The molecule has 0 radical (unpaired) electrons. The van der Waals surface area contributed by atoms with Gasteiger partial charge in [-0.25, -0.2) is 4.79 Å². The first-order valence-corrected chi connectivity index (χ1v) is 3.28. The molecule has 0 saturated heterocycles. The van der Waals surface area contributed by atoms with Crippen LogP contribution in [0.1, 0.15) is 27.7 Å². The van der Waals surface area contributed by atoms with E-state index in [1.165, 1.54) is 14.0 Å². The van der Waals surface area contributed by atoms with Crippen molar-refractivity contribution in [1.82, 2.24) is 0 Å². The molecule has 0 aliphatic rings. The third kappa shape index (κ3) is 1.55. The third-order valence-corrected chi connectivity index (χ3v) is 1.88. The van der Waals surface area contributed by atoms with Crippen molar-refractivity contribution in [2.45, 2.75) is 33.2 Å². The molecule has 0 fully saturated rings. The molecule has 0 N–H and O–H groups in total. The van der Waals surface area contributed by atoms with Gasteiger partial charge in [0.1, 0.15) is 0 Å². The van der Waals surface area contributed by atoms with Crippen LogP contribution in [-0.2, 0) is 4.79 Å². The van der Waals surface area contributed by atoms with E-state index in [9.17, 15) is 10.0 Å². The molecular formula is C7H15NO2. The van der Waals surface area contributed by atoms with Crippen LogP contribution in [0.3, 0.4) is 0 Å². The number of hydroxylamine groups is 3. The minimum atomic E-state index is -0.812. The number of hydrogen-bond donors (Lipinski definition) is 0. The van der Waals surface area contributed by atoms with E-state index < -0.39 is 10.2 Å². The zero-order chi connectivity index (χ0) is 8.58. The Bertz CT molecular complexity index is 144.